The molecule has 0 aliphatic carbocycles. The van der Waals surface area contributed by atoms with E-state index in [4.69, 9.17) is 5.26 Å². The third-order valence-corrected chi connectivity index (χ3v) is 3.31. The van der Waals surface area contributed by atoms with Gasteiger partial charge in [-0.25, -0.2) is 4.98 Å². The molecule has 1 amide bonds. The van der Waals surface area contributed by atoms with E-state index in [2.05, 4.69) is 24.1 Å². The summed E-state index contributed by atoms with van der Waals surface area (Å²) in [6, 6.07) is 3.63. The van der Waals surface area contributed by atoms with Crippen LogP contribution in [0.2, 0.25) is 0 Å². The van der Waals surface area contributed by atoms with Gasteiger partial charge >= 0.3 is 0 Å². The summed E-state index contributed by atoms with van der Waals surface area (Å²) in [4.78, 5) is 18.3. The average molecular weight is 258 g/mol. The number of piperazine rings is 1. The molecule has 0 atom stereocenters. The fourth-order valence-corrected chi connectivity index (χ4v) is 2.33. The molecule has 100 valence electrons. The van der Waals surface area contributed by atoms with Gasteiger partial charge in [0.15, 0.2) is 0 Å². The van der Waals surface area contributed by atoms with Gasteiger partial charge in [0, 0.05) is 31.4 Å². The van der Waals surface area contributed by atoms with Crippen LogP contribution in [0.5, 0.6) is 0 Å². The van der Waals surface area contributed by atoms with Gasteiger partial charge in [0.05, 0.1) is 5.56 Å². The average Bonchev–Trinajstić information content (AvgIpc) is 2.36. The molecule has 19 heavy (non-hydrogen) atoms. The van der Waals surface area contributed by atoms with Crippen molar-refractivity contribution in [3.8, 4) is 6.07 Å². The second-order valence-electron chi connectivity index (χ2n) is 5.53. The highest BCUT2D eigenvalue weighted by Gasteiger charge is 2.29. The molecule has 1 saturated heterocycles. The largest absolute Gasteiger partial charge is 0.335 e. The Balaban J connectivity index is 2.23. The molecule has 2 rings (SSSR count). The topological polar surface area (TPSA) is 69.0 Å². The van der Waals surface area contributed by atoms with E-state index in [1.165, 1.54) is 6.20 Å². The molecule has 0 saturated carbocycles. The van der Waals surface area contributed by atoms with Crippen molar-refractivity contribution in [1.82, 2.24) is 15.2 Å². The van der Waals surface area contributed by atoms with Crippen LogP contribution in [0.25, 0.3) is 0 Å². The van der Waals surface area contributed by atoms with Gasteiger partial charge in [-0.2, -0.15) is 5.26 Å². The first kappa shape index (κ1) is 13.5. The Morgan fingerprint density at radius 1 is 1.58 bits per heavy atom. The van der Waals surface area contributed by atoms with Gasteiger partial charge < -0.3 is 10.2 Å². The molecule has 0 radical (unpaired) electrons. The van der Waals surface area contributed by atoms with Crippen LogP contribution >= 0.6 is 0 Å². The highest BCUT2D eigenvalue weighted by Crippen LogP contribution is 2.16. The lowest BCUT2D eigenvalue weighted by molar-refractivity contribution is 0.0651. The van der Waals surface area contributed by atoms with Crippen molar-refractivity contribution in [3.05, 3.63) is 29.1 Å². The Hall–Kier alpha value is -1.93. The molecule has 5 nitrogen and oxygen atoms in total. The number of rotatable bonds is 1. The highest BCUT2D eigenvalue weighted by molar-refractivity contribution is 5.95. The summed E-state index contributed by atoms with van der Waals surface area (Å²) in [6.45, 7) is 8.16. The number of carbonyl (C=O) groups is 1. The molecular formula is C14H18N4O. The molecule has 2 heterocycles. The van der Waals surface area contributed by atoms with E-state index in [9.17, 15) is 4.79 Å². The summed E-state index contributed by atoms with van der Waals surface area (Å²) >= 11 is 0. The molecule has 1 aliphatic heterocycles. The number of hydrogen-bond donors (Lipinski definition) is 1. The van der Waals surface area contributed by atoms with Crippen LogP contribution in [0.15, 0.2) is 12.3 Å². The van der Waals surface area contributed by atoms with Crippen molar-refractivity contribution in [1.29, 1.82) is 5.26 Å². The van der Waals surface area contributed by atoms with Crippen LogP contribution in [0.4, 0.5) is 0 Å². The third-order valence-electron chi connectivity index (χ3n) is 3.31. The van der Waals surface area contributed by atoms with E-state index in [0.29, 0.717) is 24.3 Å². The molecule has 1 fully saturated rings. The van der Waals surface area contributed by atoms with Gasteiger partial charge in [0.1, 0.15) is 11.8 Å². The van der Waals surface area contributed by atoms with Gasteiger partial charge in [0.25, 0.3) is 5.91 Å². The molecule has 0 bridgehead atoms. The van der Waals surface area contributed by atoms with Crippen molar-refractivity contribution in [3.63, 3.8) is 0 Å². The second-order valence-corrected chi connectivity index (χ2v) is 5.53. The van der Waals surface area contributed by atoms with Crippen LogP contribution < -0.4 is 5.32 Å². The summed E-state index contributed by atoms with van der Waals surface area (Å²) in [5.74, 6) is -0.0101. The molecular weight excluding hydrogens is 240 g/mol. The molecule has 0 aromatic carbocycles. The maximum Gasteiger partial charge on any atom is 0.255 e. The Labute approximate surface area is 113 Å². The number of nitriles is 1. The zero-order valence-electron chi connectivity index (χ0n) is 11.5. The van der Waals surface area contributed by atoms with Crippen LogP contribution in [0.1, 0.15) is 35.5 Å². The number of nitrogens with zero attached hydrogens (tertiary/aromatic N) is 3. The zero-order valence-corrected chi connectivity index (χ0v) is 11.5. The molecule has 1 aliphatic rings. The minimum atomic E-state index is -0.0676. The Kier molecular flexibility index (Phi) is 3.54. The molecule has 0 spiro atoms. The number of aryl methyl sites for hydroxylation is 1. The first-order valence-electron chi connectivity index (χ1n) is 6.34. The van der Waals surface area contributed by atoms with Gasteiger partial charge in [-0.1, -0.05) is 0 Å². The summed E-state index contributed by atoms with van der Waals surface area (Å²) in [5, 5.41) is 12.2. The summed E-state index contributed by atoms with van der Waals surface area (Å²) in [5.41, 5.74) is 1.65. The Morgan fingerprint density at radius 2 is 2.32 bits per heavy atom. The van der Waals surface area contributed by atoms with E-state index in [1.54, 1.807) is 6.07 Å². The molecule has 0 unspecified atom stereocenters. The minimum Gasteiger partial charge on any atom is -0.335 e. The van der Waals surface area contributed by atoms with Crippen LogP contribution in [-0.4, -0.2) is 41.0 Å². The Bertz CT molecular complexity index is 545. The van der Waals surface area contributed by atoms with Crippen molar-refractivity contribution >= 4 is 5.91 Å². The van der Waals surface area contributed by atoms with Crippen LogP contribution in [-0.2, 0) is 0 Å². The maximum atomic E-state index is 12.5. The molecule has 5 heteroatoms. The van der Waals surface area contributed by atoms with Crippen LogP contribution in [0.3, 0.4) is 0 Å². The lowest BCUT2D eigenvalue weighted by Gasteiger charge is -2.39. The first-order chi connectivity index (χ1) is 8.93. The minimum absolute atomic E-state index is 0.0101. The number of pyridine rings is 1. The standard InChI is InChI=1S/C14H18N4O/c1-10-6-11(7-15)16-8-12(10)13(19)18-5-4-17-14(2,3)9-18/h6,8,17H,4-5,9H2,1-3H3. The fraction of sp³-hybridized carbons (Fsp3) is 0.500. The maximum absolute atomic E-state index is 12.5. The SMILES string of the molecule is Cc1cc(C#N)ncc1C(=O)N1CCNC(C)(C)C1. The predicted octanol–water partition coefficient (Wildman–Crippen LogP) is 1.09. The van der Waals surface area contributed by atoms with Gasteiger partial charge in [-0.3, -0.25) is 4.79 Å². The first-order valence-corrected chi connectivity index (χ1v) is 6.34. The number of nitrogens with one attached hydrogen (secondary N) is 1. The van der Waals surface area contributed by atoms with Crippen LogP contribution in [0, 0.1) is 18.3 Å². The van der Waals surface area contributed by atoms with Crippen molar-refractivity contribution in [2.75, 3.05) is 19.6 Å². The van der Waals surface area contributed by atoms with Crippen molar-refractivity contribution in [2.45, 2.75) is 26.3 Å². The molecule has 1 aromatic rings. The smallest absolute Gasteiger partial charge is 0.255 e. The van der Waals surface area contributed by atoms with Crippen molar-refractivity contribution in [2.24, 2.45) is 0 Å². The quantitative estimate of drug-likeness (QED) is 0.818. The number of aromatic nitrogens is 1. The molecule has 1 N–H and O–H groups in total. The van der Waals surface area contributed by atoms with E-state index in [0.717, 1.165) is 12.1 Å². The Morgan fingerprint density at radius 3 is 2.89 bits per heavy atom. The number of amides is 1. The fourth-order valence-electron chi connectivity index (χ4n) is 2.33. The summed E-state index contributed by atoms with van der Waals surface area (Å²) in [7, 11) is 0. The van der Waals surface area contributed by atoms with E-state index >= 15 is 0 Å². The van der Waals surface area contributed by atoms with Crippen molar-refractivity contribution < 1.29 is 4.79 Å². The number of hydrogen-bond acceptors (Lipinski definition) is 4. The summed E-state index contributed by atoms with van der Waals surface area (Å²) in [6.07, 6.45) is 1.51. The van der Waals surface area contributed by atoms with Gasteiger partial charge in [0.2, 0.25) is 0 Å². The molecule has 1 aromatic heterocycles. The lowest BCUT2D eigenvalue weighted by Crippen LogP contribution is -2.58. The monoisotopic (exact) mass is 258 g/mol. The van der Waals surface area contributed by atoms with Gasteiger partial charge in [-0.05, 0) is 32.4 Å². The zero-order chi connectivity index (χ0) is 14.0. The normalized spacial score (nSPS) is 17.9. The van der Waals surface area contributed by atoms with E-state index in [-0.39, 0.29) is 11.4 Å². The highest BCUT2D eigenvalue weighted by atomic mass is 16.2. The second kappa shape index (κ2) is 4.98. The predicted molar refractivity (Wildman–Crippen MR) is 71.7 cm³/mol. The number of carbonyl (C=O) groups excluding carboxylic acids is 1. The van der Waals surface area contributed by atoms with E-state index < -0.39 is 0 Å². The lowest BCUT2D eigenvalue weighted by atomic mass is 10.0. The summed E-state index contributed by atoms with van der Waals surface area (Å²) < 4.78 is 0. The van der Waals surface area contributed by atoms with Gasteiger partial charge in [-0.15, -0.1) is 0 Å². The van der Waals surface area contributed by atoms with E-state index in [1.807, 2.05) is 17.9 Å². The third kappa shape index (κ3) is 2.91.